The molecule has 0 aromatic heterocycles. The third kappa shape index (κ3) is 2.69. The second-order valence-electron chi connectivity index (χ2n) is 5.35. The number of amides is 1. The van der Waals surface area contributed by atoms with Crippen LogP contribution in [-0.2, 0) is 0 Å². The molecule has 1 fully saturated rings. The number of carbonyl (C=O) groups is 1. The Morgan fingerprint density at radius 1 is 1.45 bits per heavy atom. The van der Waals surface area contributed by atoms with E-state index in [0.717, 1.165) is 0 Å². The normalized spacial score (nSPS) is 17.4. The number of aromatic hydroxyl groups is 1. The molecule has 1 aromatic rings. The van der Waals surface area contributed by atoms with E-state index >= 15 is 0 Å². The van der Waals surface area contributed by atoms with E-state index in [-0.39, 0.29) is 22.6 Å². The Morgan fingerprint density at radius 3 is 2.60 bits per heavy atom. The van der Waals surface area contributed by atoms with Crippen LogP contribution in [0.15, 0.2) is 18.2 Å². The number of hydrogen-bond acceptors (Lipinski definition) is 4. The second-order valence-corrected chi connectivity index (χ2v) is 5.35. The lowest BCUT2D eigenvalue weighted by molar-refractivity contribution is 0.0658. The van der Waals surface area contributed by atoms with Crippen LogP contribution in [0.1, 0.15) is 30.1 Å². The first-order chi connectivity index (χ1) is 9.49. The van der Waals surface area contributed by atoms with Crippen LogP contribution in [0, 0.1) is 16.7 Å². The van der Waals surface area contributed by atoms with Crippen LogP contribution in [0.5, 0.6) is 11.5 Å². The zero-order valence-electron chi connectivity index (χ0n) is 11.7. The quantitative estimate of drug-likeness (QED) is 0.897. The van der Waals surface area contributed by atoms with Gasteiger partial charge in [-0.2, -0.15) is 5.26 Å². The van der Waals surface area contributed by atoms with Gasteiger partial charge in [-0.05, 0) is 31.9 Å². The highest BCUT2D eigenvalue weighted by Crippen LogP contribution is 2.31. The molecule has 1 aliphatic rings. The van der Waals surface area contributed by atoms with Gasteiger partial charge in [-0.15, -0.1) is 0 Å². The van der Waals surface area contributed by atoms with Crippen LogP contribution >= 0.6 is 0 Å². The lowest BCUT2D eigenvalue weighted by Crippen LogP contribution is -2.41. The number of piperidine rings is 1. The SMILES string of the molecule is COc1ccc(C(=O)N2CCC(C)(C#N)CC2)c(O)c1. The van der Waals surface area contributed by atoms with Crippen LogP contribution in [0.4, 0.5) is 0 Å². The molecule has 0 aliphatic carbocycles. The maximum Gasteiger partial charge on any atom is 0.257 e. The fourth-order valence-corrected chi connectivity index (χ4v) is 2.30. The summed E-state index contributed by atoms with van der Waals surface area (Å²) in [6.45, 7) is 2.99. The number of ether oxygens (including phenoxy) is 1. The summed E-state index contributed by atoms with van der Waals surface area (Å²) in [4.78, 5) is 14.0. The Balaban J connectivity index is 2.12. The molecule has 2 rings (SSSR count). The minimum Gasteiger partial charge on any atom is -0.507 e. The average Bonchev–Trinajstić information content (AvgIpc) is 2.47. The number of phenols is 1. The Kier molecular flexibility index (Phi) is 3.84. The van der Waals surface area contributed by atoms with Crippen molar-refractivity contribution in [2.24, 2.45) is 5.41 Å². The number of nitrogens with zero attached hydrogens (tertiary/aromatic N) is 2. The molecule has 0 saturated carbocycles. The molecular formula is C15H18N2O3. The fraction of sp³-hybridized carbons (Fsp3) is 0.467. The van der Waals surface area contributed by atoms with E-state index in [1.165, 1.54) is 13.2 Å². The summed E-state index contributed by atoms with van der Waals surface area (Å²) in [5.74, 6) is 0.225. The molecule has 1 aliphatic heterocycles. The van der Waals surface area contributed by atoms with Gasteiger partial charge in [0.15, 0.2) is 0 Å². The van der Waals surface area contributed by atoms with Crippen LogP contribution in [0.25, 0.3) is 0 Å². The summed E-state index contributed by atoms with van der Waals surface area (Å²) in [7, 11) is 1.50. The Hall–Kier alpha value is -2.22. The zero-order chi connectivity index (χ0) is 14.8. The standard InChI is InChI=1S/C15H18N2O3/c1-15(10-16)5-7-17(8-6-15)14(19)12-4-3-11(20-2)9-13(12)18/h3-4,9,18H,5-8H2,1-2H3. The van der Waals surface area contributed by atoms with Crippen molar-refractivity contribution in [3.05, 3.63) is 23.8 Å². The molecule has 1 amide bonds. The highest BCUT2D eigenvalue weighted by atomic mass is 16.5. The molecule has 0 atom stereocenters. The molecule has 20 heavy (non-hydrogen) atoms. The monoisotopic (exact) mass is 274 g/mol. The smallest absolute Gasteiger partial charge is 0.257 e. The third-order valence-electron chi connectivity index (χ3n) is 3.86. The minimum absolute atomic E-state index is 0.0806. The summed E-state index contributed by atoms with van der Waals surface area (Å²) in [5.41, 5.74) is -0.0787. The number of hydrogen-bond donors (Lipinski definition) is 1. The molecule has 0 radical (unpaired) electrons. The van der Waals surface area contributed by atoms with E-state index in [1.807, 2.05) is 6.92 Å². The number of nitriles is 1. The Bertz CT molecular complexity index is 555. The molecule has 5 nitrogen and oxygen atoms in total. The molecule has 106 valence electrons. The molecular weight excluding hydrogens is 256 g/mol. The summed E-state index contributed by atoms with van der Waals surface area (Å²) in [5, 5.41) is 19.0. The number of benzene rings is 1. The van der Waals surface area contributed by atoms with Crippen LogP contribution in [0.3, 0.4) is 0 Å². The van der Waals surface area contributed by atoms with Crippen molar-refractivity contribution in [1.29, 1.82) is 5.26 Å². The average molecular weight is 274 g/mol. The van der Waals surface area contributed by atoms with Crippen LogP contribution in [0.2, 0.25) is 0 Å². The van der Waals surface area contributed by atoms with Crippen molar-refractivity contribution in [3.63, 3.8) is 0 Å². The van der Waals surface area contributed by atoms with Crippen molar-refractivity contribution in [2.75, 3.05) is 20.2 Å². The Morgan fingerprint density at radius 2 is 2.10 bits per heavy atom. The van der Waals surface area contributed by atoms with Gasteiger partial charge in [0.25, 0.3) is 5.91 Å². The van der Waals surface area contributed by atoms with Crippen molar-refractivity contribution >= 4 is 5.91 Å². The maximum atomic E-state index is 12.4. The van der Waals surface area contributed by atoms with Gasteiger partial charge < -0.3 is 14.7 Å². The maximum absolute atomic E-state index is 12.4. The molecule has 5 heteroatoms. The molecule has 1 saturated heterocycles. The first-order valence-electron chi connectivity index (χ1n) is 6.56. The highest BCUT2D eigenvalue weighted by Gasteiger charge is 2.32. The van der Waals surface area contributed by atoms with E-state index in [2.05, 4.69) is 6.07 Å². The van der Waals surface area contributed by atoms with E-state index in [4.69, 9.17) is 10.00 Å². The van der Waals surface area contributed by atoms with Crippen LogP contribution < -0.4 is 4.74 Å². The van der Waals surface area contributed by atoms with Gasteiger partial charge in [-0.25, -0.2) is 0 Å². The lowest BCUT2D eigenvalue weighted by atomic mass is 9.82. The molecule has 0 spiro atoms. The molecule has 0 unspecified atom stereocenters. The summed E-state index contributed by atoms with van der Waals surface area (Å²) in [6.07, 6.45) is 1.32. The number of carbonyl (C=O) groups excluding carboxylic acids is 1. The number of methoxy groups -OCH3 is 1. The van der Waals surface area contributed by atoms with Gasteiger partial charge in [0, 0.05) is 19.2 Å². The largest absolute Gasteiger partial charge is 0.507 e. The molecule has 1 aromatic carbocycles. The number of likely N-dealkylation sites (tertiary alicyclic amines) is 1. The lowest BCUT2D eigenvalue weighted by Gasteiger charge is -2.35. The van der Waals surface area contributed by atoms with Crippen LogP contribution in [-0.4, -0.2) is 36.1 Å². The topological polar surface area (TPSA) is 73.6 Å². The second kappa shape index (κ2) is 5.41. The first-order valence-corrected chi connectivity index (χ1v) is 6.56. The van der Waals surface area contributed by atoms with E-state index in [1.54, 1.807) is 17.0 Å². The van der Waals surface area contributed by atoms with Gasteiger partial charge in [-0.3, -0.25) is 4.79 Å². The molecule has 0 bridgehead atoms. The number of rotatable bonds is 2. The molecule has 1 heterocycles. The summed E-state index contributed by atoms with van der Waals surface area (Å²) in [6, 6.07) is 6.94. The van der Waals surface area contributed by atoms with Gasteiger partial charge in [0.1, 0.15) is 11.5 Å². The summed E-state index contributed by atoms with van der Waals surface area (Å²) < 4.78 is 5.00. The van der Waals surface area contributed by atoms with Crippen molar-refractivity contribution in [1.82, 2.24) is 4.90 Å². The first kappa shape index (κ1) is 14.2. The van der Waals surface area contributed by atoms with Gasteiger partial charge in [-0.1, -0.05) is 0 Å². The van der Waals surface area contributed by atoms with E-state index < -0.39 is 0 Å². The van der Waals surface area contributed by atoms with Gasteiger partial charge in [0.05, 0.1) is 24.2 Å². The minimum atomic E-state index is -0.348. The van der Waals surface area contributed by atoms with Gasteiger partial charge in [0.2, 0.25) is 0 Å². The number of phenolic OH excluding ortho intramolecular Hbond substituents is 1. The molecule has 1 N–H and O–H groups in total. The van der Waals surface area contributed by atoms with Crippen molar-refractivity contribution < 1.29 is 14.6 Å². The summed E-state index contributed by atoms with van der Waals surface area (Å²) >= 11 is 0. The predicted molar refractivity (Wildman–Crippen MR) is 73.5 cm³/mol. The zero-order valence-corrected chi connectivity index (χ0v) is 11.7. The fourth-order valence-electron chi connectivity index (χ4n) is 2.30. The van der Waals surface area contributed by atoms with E-state index in [0.29, 0.717) is 31.7 Å². The predicted octanol–water partition coefficient (Wildman–Crippen LogP) is 2.17. The highest BCUT2D eigenvalue weighted by molar-refractivity contribution is 5.97. The Labute approximate surface area is 118 Å². The van der Waals surface area contributed by atoms with Crippen molar-refractivity contribution in [3.8, 4) is 17.6 Å². The van der Waals surface area contributed by atoms with Gasteiger partial charge >= 0.3 is 0 Å². The third-order valence-corrected chi connectivity index (χ3v) is 3.86. The van der Waals surface area contributed by atoms with E-state index in [9.17, 15) is 9.90 Å². The van der Waals surface area contributed by atoms with Crippen molar-refractivity contribution in [2.45, 2.75) is 19.8 Å².